The quantitative estimate of drug-likeness (QED) is 0.907. The minimum Gasteiger partial charge on any atom is -0.492 e. The van der Waals surface area contributed by atoms with Gasteiger partial charge in [0.05, 0.1) is 12.3 Å². The van der Waals surface area contributed by atoms with Crippen LogP contribution < -0.4 is 15.0 Å². The van der Waals surface area contributed by atoms with E-state index in [4.69, 9.17) is 4.74 Å². The van der Waals surface area contributed by atoms with E-state index in [2.05, 4.69) is 21.2 Å². The van der Waals surface area contributed by atoms with Crippen LogP contribution in [-0.2, 0) is 4.79 Å². The van der Waals surface area contributed by atoms with Crippen molar-refractivity contribution in [3.05, 3.63) is 24.3 Å². The van der Waals surface area contributed by atoms with E-state index in [-0.39, 0.29) is 0 Å². The number of hydrogen-bond donors (Lipinski definition) is 1. The lowest BCUT2D eigenvalue weighted by molar-refractivity contribution is -0.133. The largest absolute Gasteiger partial charge is 0.492 e. The van der Waals surface area contributed by atoms with Crippen molar-refractivity contribution in [1.82, 2.24) is 10.2 Å². The fraction of sp³-hybridized carbons (Fsp3) is 0.611. The summed E-state index contributed by atoms with van der Waals surface area (Å²) in [6, 6.07) is 8.19. The third kappa shape index (κ3) is 2.67. The summed E-state index contributed by atoms with van der Waals surface area (Å²) in [6.07, 6.45) is 0. The van der Waals surface area contributed by atoms with E-state index in [0.717, 1.165) is 50.7 Å². The Balaban J connectivity index is 1.37. The van der Waals surface area contributed by atoms with E-state index in [0.29, 0.717) is 30.3 Å². The molecule has 124 valence electrons. The Morgan fingerprint density at radius 2 is 1.87 bits per heavy atom. The average molecular weight is 315 g/mol. The van der Waals surface area contributed by atoms with Crippen LogP contribution in [0.3, 0.4) is 0 Å². The zero-order valence-electron chi connectivity index (χ0n) is 13.7. The molecule has 2 saturated heterocycles. The molecule has 3 atom stereocenters. The maximum absolute atomic E-state index is 12.6. The first-order chi connectivity index (χ1) is 11.3. The molecule has 1 aromatic rings. The Morgan fingerprint density at radius 3 is 2.57 bits per heavy atom. The lowest BCUT2D eigenvalue weighted by Gasteiger charge is -2.37. The molecule has 1 unspecified atom stereocenters. The van der Waals surface area contributed by atoms with Crippen molar-refractivity contribution in [3.8, 4) is 5.75 Å². The Kier molecular flexibility index (Phi) is 3.89. The van der Waals surface area contributed by atoms with Crippen LogP contribution in [-0.4, -0.2) is 56.7 Å². The molecular formula is C18H25N3O2. The average Bonchev–Trinajstić information content (AvgIpc) is 3.07. The first kappa shape index (κ1) is 14.8. The van der Waals surface area contributed by atoms with Gasteiger partial charge in [0.2, 0.25) is 5.91 Å². The number of carbonyl (C=O) groups excluding carboxylic acids is 1. The van der Waals surface area contributed by atoms with Gasteiger partial charge in [-0.25, -0.2) is 0 Å². The zero-order chi connectivity index (χ0) is 15.8. The topological polar surface area (TPSA) is 44.8 Å². The fourth-order valence-electron chi connectivity index (χ4n) is 4.16. The Hall–Kier alpha value is -1.75. The molecule has 3 fully saturated rings. The van der Waals surface area contributed by atoms with E-state index in [1.165, 1.54) is 0 Å². The van der Waals surface area contributed by atoms with Gasteiger partial charge in [0.1, 0.15) is 5.75 Å². The molecule has 0 spiro atoms. The SMILES string of the molecule is CCOc1ccccc1N1CCN(C(=O)C2[C@H]3CNC[C@@H]23)CC1. The van der Waals surface area contributed by atoms with Crippen molar-refractivity contribution in [2.24, 2.45) is 17.8 Å². The maximum atomic E-state index is 12.6. The van der Waals surface area contributed by atoms with E-state index in [9.17, 15) is 4.79 Å². The number of anilines is 1. The Bertz CT molecular complexity index is 573. The Labute approximate surface area is 137 Å². The van der Waals surface area contributed by atoms with Crippen LogP contribution >= 0.6 is 0 Å². The standard InChI is InChI=1S/C18H25N3O2/c1-2-23-16-6-4-3-5-15(16)20-7-9-21(10-8-20)18(22)17-13-11-19-12-14(13)17/h3-6,13-14,17,19H,2,7-12H2,1H3/t13-,14+,17?. The van der Waals surface area contributed by atoms with Crippen LogP contribution in [0.1, 0.15) is 6.92 Å². The van der Waals surface area contributed by atoms with Gasteiger partial charge in [-0.3, -0.25) is 4.79 Å². The molecular weight excluding hydrogens is 290 g/mol. The molecule has 3 aliphatic rings. The molecule has 1 amide bonds. The van der Waals surface area contributed by atoms with E-state index >= 15 is 0 Å². The smallest absolute Gasteiger partial charge is 0.226 e. The van der Waals surface area contributed by atoms with Gasteiger partial charge in [0, 0.05) is 32.1 Å². The van der Waals surface area contributed by atoms with Crippen LogP contribution in [0.2, 0.25) is 0 Å². The molecule has 4 rings (SSSR count). The second kappa shape index (κ2) is 6.04. The van der Waals surface area contributed by atoms with Crippen molar-refractivity contribution >= 4 is 11.6 Å². The van der Waals surface area contributed by atoms with Crippen LogP contribution in [0.15, 0.2) is 24.3 Å². The van der Waals surface area contributed by atoms with Gasteiger partial charge in [0.25, 0.3) is 0 Å². The van der Waals surface area contributed by atoms with Crippen LogP contribution in [0.4, 0.5) is 5.69 Å². The van der Waals surface area contributed by atoms with Crippen molar-refractivity contribution < 1.29 is 9.53 Å². The van der Waals surface area contributed by atoms with E-state index in [1.807, 2.05) is 25.1 Å². The highest BCUT2D eigenvalue weighted by Crippen LogP contribution is 2.49. The number of amides is 1. The number of ether oxygens (including phenoxy) is 1. The summed E-state index contributed by atoms with van der Waals surface area (Å²) in [5.74, 6) is 2.86. The third-order valence-electron chi connectivity index (χ3n) is 5.47. The number of benzene rings is 1. The van der Waals surface area contributed by atoms with E-state index in [1.54, 1.807) is 0 Å². The number of nitrogens with zero attached hydrogens (tertiary/aromatic N) is 2. The molecule has 0 aromatic heterocycles. The number of carbonyl (C=O) groups is 1. The van der Waals surface area contributed by atoms with Gasteiger partial charge >= 0.3 is 0 Å². The fourth-order valence-corrected chi connectivity index (χ4v) is 4.16. The van der Waals surface area contributed by atoms with Gasteiger partial charge in [-0.2, -0.15) is 0 Å². The number of rotatable bonds is 4. The second-order valence-corrected chi connectivity index (χ2v) is 6.72. The highest BCUT2D eigenvalue weighted by molar-refractivity contribution is 5.83. The molecule has 0 radical (unpaired) electrons. The van der Waals surface area contributed by atoms with Gasteiger partial charge in [-0.05, 0) is 44.0 Å². The monoisotopic (exact) mass is 315 g/mol. The van der Waals surface area contributed by atoms with Gasteiger partial charge in [-0.15, -0.1) is 0 Å². The zero-order valence-corrected chi connectivity index (χ0v) is 13.7. The number of piperazine rings is 1. The number of fused-ring (bicyclic) bond motifs is 1. The summed E-state index contributed by atoms with van der Waals surface area (Å²) in [5.41, 5.74) is 1.15. The first-order valence-electron chi connectivity index (χ1n) is 8.76. The first-order valence-corrected chi connectivity index (χ1v) is 8.76. The molecule has 2 heterocycles. The number of hydrogen-bond acceptors (Lipinski definition) is 4. The molecule has 1 aliphatic carbocycles. The van der Waals surface area contributed by atoms with Crippen LogP contribution in [0.5, 0.6) is 5.75 Å². The summed E-state index contributed by atoms with van der Waals surface area (Å²) in [7, 11) is 0. The van der Waals surface area contributed by atoms with Gasteiger partial charge in [-0.1, -0.05) is 12.1 Å². The molecule has 1 saturated carbocycles. The molecule has 1 N–H and O–H groups in total. The minimum atomic E-state index is 0.304. The van der Waals surface area contributed by atoms with Crippen molar-refractivity contribution in [2.75, 3.05) is 50.8 Å². The normalized spacial score (nSPS) is 29.3. The van der Waals surface area contributed by atoms with Crippen molar-refractivity contribution in [1.29, 1.82) is 0 Å². The molecule has 0 bridgehead atoms. The molecule has 5 heteroatoms. The van der Waals surface area contributed by atoms with Crippen LogP contribution in [0, 0.1) is 17.8 Å². The summed E-state index contributed by atoms with van der Waals surface area (Å²) >= 11 is 0. The van der Waals surface area contributed by atoms with Gasteiger partial charge in [0.15, 0.2) is 0 Å². The second-order valence-electron chi connectivity index (χ2n) is 6.72. The number of nitrogens with one attached hydrogen (secondary N) is 1. The summed E-state index contributed by atoms with van der Waals surface area (Å²) in [5, 5.41) is 3.36. The highest BCUT2D eigenvalue weighted by atomic mass is 16.5. The summed E-state index contributed by atoms with van der Waals surface area (Å²) < 4.78 is 5.73. The van der Waals surface area contributed by atoms with Gasteiger partial charge < -0.3 is 19.9 Å². The number of piperidine rings is 1. The molecule has 5 nitrogen and oxygen atoms in total. The van der Waals surface area contributed by atoms with Crippen LogP contribution in [0.25, 0.3) is 0 Å². The van der Waals surface area contributed by atoms with Crippen molar-refractivity contribution in [2.45, 2.75) is 6.92 Å². The number of para-hydroxylation sites is 2. The summed E-state index contributed by atoms with van der Waals surface area (Å²) in [6.45, 7) is 8.16. The van der Waals surface area contributed by atoms with Crippen molar-refractivity contribution in [3.63, 3.8) is 0 Å². The molecule has 1 aromatic carbocycles. The molecule has 23 heavy (non-hydrogen) atoms. The minimum absolute atomic E-state index is 0.304. The Morgan fingerprint density at radius 1 is 1.17 bits per heavy atom. The lowest BCUT2D eigenvalue weighted by atomic mass is 10.2. The molecule has 2 aliphatic heterocycles. The van der Waals surface area contributed by atoms with E-state index < -0.39 is 0 Å². The lowest BCUT2D eigenvalue weighted by Crippen LogP contribution is -2.50. The maximum Gasteiger partial charge on any atom is 0.226 e. The third-order valence-corrected chi connectivity index (χ3v) is 5.47. The predicted octanol–water partition coefficient (Wildman–Crippen LogP) is 1.20. The highest BCUT2D eigenvalue weighted by Gasteiger charge is 2.57. The summed E-state index contributed by atoms with van der Waals surface area (Å²) in [4.78, 5) is 17.1. The predicted molar refractivity (Wildman–Crippen MR) is 89.7 cm³/mol.